The van der Waals surface area contributed by atoms with E-state index in [1.165, 1.54) is 0 Å². The Morgan fingerprint density at radius 3 is 2.24 bits per heavy atom. The lowest BCUT2D eigenvalue weighted by molar-refractivity contribution is 0.123. The van der Waals surface area contributed by atoms with E-state index in [0.717, 1.165) is 95.0 Å². The van der Waals surface area contributed by atoms with Crippen LogP contribution < -0.4 is 20.5 Å². The number of rotatable bonds is 5. The number of nitrogens with two attached hydrogens (primary N) is 1. The highest BCUT2D eigenvalue weighted by atomic mass is 32.1. The minimum absolute atomic E-state index is 0.0604. The summed E-state index contributed by atoms with van der Waals surface area (Å²) in [4.78, 5) is 5.61. The number of benzene rings is 1. The molecule has 6 rings (SSSR count). The molecule has 38 heavy (non-hydrogen) atoms. The van der Waals surface area contributed by atoms with Gasteiger partial charge in [-0.3, -0.25) is 0 Å². The highest BCUT2D eigenvalue weighted by Crippen LogP contribution is 2.39. The van der Waals surface area contributed by atoms with Gasteiger partial charge in [-0.15, -0.1) is 16.4 Å². The maximum absolute atomic E-state index is 9.72. The van der Waals surface area contributed by atoms with Crippen LogP contribution in [0.15, 0.2) is 36.5 Å². The van der Waals surface area contributed by atoms with Gasteiger partial charge in [0.15, 0.2) is 17.1 Å². The van der Waals surface area contributed by atoms with Gasteiger partial charge in [-0.05, 0) is 81.0 Å². The van der Waals surface area contributed by atoms with E-state index in [4.69, 9.17) is 25.4 Å². The van der Waals surface area contributed by atoms with Crippen LogP contribution >= 0.6 is 11.3 Å². The van der Waals surface area contributed by atoms with Crippen LogP contribution in [0.25, 0.3) is 26.3 Å². The molecule has 9 nitrogen and oxygen atoms in total. The number of imidazole rings is 1. The van der Waals surface area contributed by atoms with Gasteiger partial charge in [-0.25, -0.2) is 9.50 Å². The van der Waals surface area contributed by atoms with Crippen LogP contribution in [-0.4, -0.2) is 63.3 Å². The molecule has 2 saturated carbocycles. The van der Waals surface area contributed by atoms with Crippen LogP contribution in [-0.2, 0) is 0 Å². The molecular weight excluding hydrogens is 502 g/mol. The van der Waals surface area contributed by atoms with E-state index in [1.54, 1.807) is 25.6 Å². The summed E-state index contributed by atoms with van der Waals surface area (Å²) >= 11 is 1.68. The van der Waals surface area contributed by atoms with Crippen molar-refractivity contribution in [1.29, 1.82) is 0 Å². The van der Waals surface area contributed by atoms with Crippen LogP contribution in [0.4, 0.5) is 5.82 Å². The molecule has 4 aromatic rings. The molecule has 0 unspecified atom stereocenters. The molecule has 0 aliphatic heterocycles. The summed E-state index contributed by atoms with van der Waals surface area (Å²) in [6.45, 7) is 0. The smallest absolute Gasteiger partial charge is 0.162 e. The predicted octanol–water partition coefficient (Wildman–Crippen LogP) is 4.59. The molecule has 0 spiro atoms. The minimum Gasteiger partial charge on any atom is -0.493 e. The molecule has 5 N–H and O–H groups in total. The van der Waals surface area contributed by atoms with Crippen LogP contribution in [0.1, 0.15) is 51.4 Å². The van der Waals surface area contributed by atoms with Crippen molar-refractivity contribution in [2.75, 3.05) is 19.5 Å². The molecule has 2 aliphatic carbocycles. The lowest BCUT2D eigenvalue weighted by atomic mass is 9.93. The summed E-state index contributed by atoms with van der Waals surface area (Å²) in [7, 11) is 3.29. The summed E-state index contributed by atoms with van der Waals surface area (Å²) < 4.78 is 13.9. The maximum atomic E-state index is 9.72. The Morgan fingerprint density at radius 1 is 0.921 bits per heavy atom. The molecule has 0 atom stereocenters. The first-order valence-electron chi connectivity index (χ1n) is 13.3. The Kier molecular flexibility index (Phi) is 8.32. The van der Waals surface area contributed by atoms with Crippen LogP contribution in [0.3, 0.4) is 0 Å². The largest absolute Gasteiger partial charge is 0.493 e. The summed E-state index contributed by atoms with van der Waals surface area (Å²) in [5, 5.41) is 28.1. The van der Waals surface area contributed by atoms with Crippen molar-refractivity contribution in [2.24, 2.45) is 5.73 Å². The third-order valence-electron chi connectivity index (χ3n) is 7.43. The molecular formula is C28H37N5O4S. The monoisotopic (exact) mass is 539 g/mol. The number of ether oxygens (including phenoxy) is 2. The number of aromatic nitrogens is 3. The minimum atomic E-state index is -0.163. The van der Waals surface area contributed by atoms with Crippen molar-refractivity contribution in [3.05, 3.63) is 36.5 Å². The number of nitrogens with zero attached hydrogens (tertiary/aromatic N) is 3. The molecule has 10 heteroatoms. The standard InChI is InChI=1S/C22H24N4O3S.C6H13NO/c1-28-17-9-13-10-20(30-19(13)11-18(17)29-2)16-12-23-22-8-7-21(25-26(16)22)24-14-3-5-15(27)6-4-14;7-5-1-3-6(8)4-2-5/h7-12,14-15,27H,3-6H2,1-2H3,(H,24,25);5-6,8H,1-4,7H2/t14-,15-;5-,6-. The van der Waals surface area contributed by atoms with Gasteiger partial charge in [0.1, 0.15) is 11.5 Å². The first kappa shape index (κ1) is 26.7. The number of fused-ring (bicyclic) bond motifs is 2. The van der Waals surface area contributed by atoms with Crippen molar-refractivity contribution in [3.63, 3.8) is 0 Å². The van der Waals surface area contributed by atoms with Crippen LogP contribution in [0, 0.1) is 0 Å². The molecule has 0 bridgehead atoms. The van der Waals surface area contributed by atoms with E-state index in [0.29, 0.717) is 12.1 Å². The Bertz CT molecular complexity index is 1310. The van der Waals surface area contributed by atoms with Gasteiger partial charge in [0.2, 0.25) is 0 Å². The third-order valence-corrected chi connectivity index (χ3v) is 8.55. The molecule has 3 heterocycles. The molecule has 0 amide bonds. The number of hydrogen-bond acceptors (Lipinski definition) is 9. The molecule has 0 radical (unpaired) electrons. The van der Waals surface area contributed by atoms with Gasteiger partial charge >= 0.3 is 0 Å². The van der Waals surface area contributed by atoms with Gasteiger partial charge in [-0.1, -0.05) is 0 Å². The second-order valence-electron chi connectivity index (χ2n) is 10.2. The van der Waals surface area contributed by atoms with Crippen molar-refractivity contribution in [2.45, 2.75) is 75.7 Å². The first-order valence-corrected chi connectivity index (χ1v) is 14.1. The highest BCUT2D eigenvalue weighted by molar-refractivity contribution is 7.22. The Morgan fingerprint density at radius 2 is 1.58 bits per heavy atom. The second kappa shape index (κ2) is 11.9. The van der Waals surface area contributed by atoms with Gasteiger partial charge < -0.3 is 30.7 Å². The molecule has 2 fully saturated rings. The van der Waals surface area contributed by atoms with Crippen molar-refractivity contribution in [3.8, 4) is 22.1 Å². The van der Waals surface area contributed by atoms with E-state index in [1.807, 2.05) is 35.0 Å². The summed E-state index contributed by atoms with van der Waals surface area (Å²) in [5.74, 6) is 2.26. The van der Waals surface area contributed by atoms with Crippen molar-refractivity contribution >= 4 is 32.9 Å². The zero-order chi connectivity index (χ0) is 26.6. The molecule has 0 saturated heterocycles. The molecule has 2 aliphatic rings. The van der Waals surface area contributed by atoms with Crippen molar-refractivity contribution < 1.29 is 19.7 Å². The Labute approximate surface area is 226 Å². The zero-order valence-corrected chi connectivity index (χ0v) is 22.8. The number of nitrogens with one attached hydrogen (secondary N) is 1. The summed E-state index contributed by atoms with van der Waals surface area (Å²) in [6, 6.07) is 10.8. The molecule has 3 aromatic heterocycles. The summed E-state index contributed by atoms with van der Waals surface area (Å²) in [5.41, 5.74) is 7.34. The average Bonchev–Trinajstić information content (AvgIpc) is 3.54. The fourth-order valence-electron chi connectivity index (χ4n) is 5.14. The molecule has 1 aromatic carbocycles. The predicted molar refractivity (Wildman–Crippen MR) is 151 cm³/mol. The lowest BCUT2D eigenvalue weighted by Crippen LogP contribution is -2.28. The zero-order valence-electron chi connectivity index (χ0n) is 22.0. The average molecular weight is 540 g/mol. The van der Waals surface area contributed by atoms with Gasteiger partial charge in [0, 0.05) is 22.8 Å². The van der Waals surface area contributed by atoms with E-state index < -0.39 is 0 Å². The normalized spacial score (nSPS) is 23.6. The van der Waals surface area contributed by atoms with Gasteiger partial charge in [0.05, 0.1) is 37.5 Å². The number of methoxy groups -OCH3 is 2. The summed E-state index contributed by atoms with van der Waals surface area (Å²) in [6.07, 6.45) is 9.04. The maximum Gasteiger partial charge on any atom is 0.162 e. The van der Waals surface area contributed by atoms with Gasteiger partial charge in [-0.2, -0.15) is 0 Å². The highest BCUT2D eigenvalue weighted by Gasteiger charge is 2.20. The van der Waals surface area contributed by atoms with E-state index in [2.05, 4.69) is 16.4 Å². The molecule has 204 valence electrons. The van der Waals surface area contributed by atoms with Crippen molar-refractivity contribution in [1.82, 2.24) is 14.6 Å². The fourth-order valence-corrected chi connectivity index (χ4v) is 6.21. The van der Waals surface area contributed by atoms with Crippen LogP contribution in [0.2, 0.25) is 0 Å². The topological polar surface area (TPSA) is 127 Å². The van der Waals surface area contributed by atoms with Gasteiger partial charge in [0.25, 0.3) is 0 Å². The second-order valence-corrected chi connectivity index (χ2v) is 11.3. The quantitative estimate of drug-likeness (QED) is 0.290. The third kappa shape index (κ3) is 6.04. The Balaban J connectivity index is 0.000000316. The van der Waals surface area contributed by atoms with E-state index in [-0.39, 0.29) is 12.2 Å². The Hall–Kier alpha value is -2.92. The van der Waals surface area contributed by atoms with Crippen LogP contribution in [0.5, 0.6) is 11.5 Å². The number of aliphatic hydroxyl groups is 2. The number of hydrogen-bond donors (Lipinski definition) is 4. The number of thiophene rings is 1. The lowest BCUT2D eigenvalue weighted by Gasteiger charge is -2.26. The first-order chi connectivity index (χ1) is 18.4. The SMILES string of the molecule is COc1cc2cc(-c3cnc4ccc(N[C@H]5CC[C@H](O)CC5)nn34)sc2cc1OC.N[C@H]1CC[C@H](O)CC1. The number of aliphatic hydroxyl groups excluding tert-OH is 2. The fraction of sp³-hybridized carbons (Fsp3) is 0.500. The number of anilines is 1. The van der Waals surface area contributed by atoms with E-state index in [9.17, 15) is 5.11 Å². The van der Waals surface area contributed by atoms with E-state index >= 15 is 0 Å².